The Bertz CT molecular complexity index is 690. The third-order valence-corrected chi connectivity index (χ3v) is 3.83. The summed E-state index contributed by atoms with van der Waals surface area (Å²) in [6.45, 7) is 1.06. The van der Waals surface area contributed by atoms with Crippen molar-refractivity contribution in [3.05, 3.63) is 49.1 Å². The van der Waals surface area contributed by atoms with Gasteiger partial charge in [-0.1, -0.05) is 24.3 Å². The molecule has 0 unspecified atom stereocenters. The van der Waals surface area contributed by atoms with Crippen molar-refractivity contribution in [2.75, 3.05) is 0 Å². The van der Waals surface area contributed by atoms with Gasteiger partial charge in [-0.2, -0.15) is 10.2 Å². The predicted molar refractivity (Wildman–Crippen MR) is 78.0 cm³/mol. The molecule has 1 aliphatic carbocycles. The first-order valence-electron chi connectivity index (χ1n) is 7.00. The van der Waals surface area contributed by atoms with E-state index in [-0.39, 0.29) is 0 Å². The van der Waals surface area contributed by atoms with Gasteiger partial charge in [0.1, 0.15) is 0 Å². The van der Waals surface area contributed by atoms with Crippen LogP contribution in [0.15, 0.2) is 49.1 Å². The van der Waals surface area contributed by atoms with E-state index in [1.165, 1.54) is 29.5 Å². The summed E-state index contributed by atoms with van der Waals surface area (Å²) in [5, 5.41) is 11.3. The van der Waals surface area contributed by atoms with E-state index >= 15 is 0 Å². The number of rotatable bonds is 4. The molecule has 2 aromatic heterocycles. The smallest absolute Gasteiger partial charge is 0.0568 e. The Hall–Kier alpha value is -2.36. The van der Waals surface area contributed by atoms with Gasteiger partial charge in [-0.05, 0) is 29.9 Å². The van der Waals surface area contributed by atoms with Crippen molar-refractivity contribution >= 4 is 0 Å². The van der Waals surface area contributed by atoms with Crippen LogP contribution < -0.4 is 0 Å². The van der Waals surface area contributed by atoms with Gasteiger partial charge < -0.3 is 0 Å². The maximum atomic E-state index is 4.45. The molecule has 0 amide bonds. The van der Waals surface area contributed by atoms with E-state index in [9.17, 15) is 0 Å². The van der Waals surface area contributed by atoms with Gasteiger partial charge in [-0.3, -0.25) is 9.78 Å². The van der Waals surface area contributed by atoms with Crippen molar-refractivity contribution in [1.82, 2.24) is 20.0 Å². The molecule has 4 nitrogen and oxygen atoms in total. The summed E-state index contributed by atoms with van der Waals surface area (Å²) in [6, 6.07) is 8.53. The first-order valence-corrected chi connectivity index (χ1v) is 7.00. The first-order chi connectivity index (χ1) is 9.88. The van der Waals surface area contributed by atoms with Crippen molar-refractivity contribution in [3.8, 4) is 22.3 Å². The Morgan fingerprint density at radius 2 is 1.75 bits per heavy atom. The van der Waals surface area contributed by atoms with Gasteiger partial charge in [0.25, 0.3) is 0 Å². The lowest BCUT2D eigenvalue weighted by Crippen LogP contribution is -1.98. The lowest BCUT2D eigenvalue weighted by Gasteiger charge is -2.00. The molecule has 1 saturated carbocycles. The molecule has 3 aromatic rings. The minimum atomic E-state index is 0.853. The first kappa shape index (κ1) is 11.5. The molecule has 1 aliphatic rings. The zero-order chi connectivity index (χ0) is 13.4. The van der Waals surface area contributed by atoms with Gasteiger partial charge in [-0.15, -0.1) is 0 Å². The van der Waals surface area contributed by atoms with Crippen LogP contribution in [0.4, 0.5) is 0 Å². The summed E-state index contributed by atoms with van der Waals surface area (Å²) >= 11 is 0. The van der Waals surface area contributed by atoms with E-state index in [2.05, 4.69) is 50.4 Å². The topological polar surface area (TPSA) is 46.5 Å². The van der Waals surface area contributed by atoms with Crippen molar-refractivity contribution in [1.29, 1.82) is 0 Å². The van der Waals surface area contributed by atoms with Crippen LogP contribution in [0.5, 0.6) is 0 Å². The Labute approximate surface area is 117 Å². The number of H-pyrrole nitrogens is 1. The number of hydrogen-bond donors (Lipinski definition) is 1. The van der Waals surface area contributed by atoms with E-state index in [4.69, 9.17) is 0 Å². The van der Waals surface area contributed by atoms with Crippen molar-refractivity contribution < 1.29 is 0 Å². The Kier molecular flexibility index (Phi) is 2.66. The molecule has 0 spiro atoms. The van der Waals surface area contributed by atoms with Crippen LogP contribution >= 0.6 is 0 Å². The highest BCUT2D eigenvalue weighted by atomic mass is 15.3. The van der Waals surface area contributed by atoms with Gasteiger partial charge in [-0.25, -0.2) is 0 Å². The normalized spacial score (nSPS) is 14.6. The second kappa shape index (κ2) is 4.63. The molecule has 100 valence electrons. The fourth-order valence-corrected chi connectivity index (χ4v) is 2.44. The van der Waals surface area contributed by atoms with E-state index in [1.807, 2.05) is 18.6 Å². The zero-order valence-corrected chi connectivity index (χ0v) is 11.2. The second-order valence-corrected chi connectivity index (χ2v) is 5.46. The van der Waals surface area contributed by atoms with Crippen molar-refractivity contribution in [3.63, 3.8) is 0 Å². The van der Waals surface area contributed by atoms with E-state index in [0.717, 1.165) is 18.0 Å². The van der Waals surface area contributed by atoms with Gasteiger partial charge in [0.2, 0.25) is 0 Å². The summed E-state index contributed by atoms with van der Waals surface area (Å²) in [6.07, 6.45) is 10.6. The highest BCUT2D eigenvalue weighted by Crippen LogP contribution is 2.31. The van der Waals surface area contributed by atoms with Crippen LogP contribution in [-0.4, -0.2) is 20.0 Å². The number of aromatic nitrogens is 4. The number of benzene rings is 1. The average Bonchev–Trinajstić information content (AvgIpc) is 2.96. The summed E-state index contributed by atoms with van der Waals surface area (Å²) in [7, 11) is 0. The van der Waals surface area contributed by atoms with Crippen LogP contribution in [0.3, 0.4) is 0 Å². The molecule has 4 heteroatoms. The Morgan fingerprint density at radius 1 is 1.00 bits per heavy atom. The minimum Gasteiger partial charge on any atom is -0.285 e. The van der Waals surface area contributed by atoms with Crippen LogP contribution in [0.2, 0.25) is 0 Å². The summed E-state index contributed by atoms with van der Waals surface area (Å²) in [5.41, 5.74) is 4.68. The molecule has 0 aliphatic heterocycles. The van der Waals surface area contributed by atoms with E-state index in [0.29, 0.717) is 0 Å². The maximum Gasteiger partial charge on any atom is 0.0568 e. The quantitative estimate of drug-likeness (QED) is 0.785. The minimum absolute atomic E-state index is 0.853. The van der Waals surface area contributed by atoms with E-state index in [1.54, 1.807) is 0 Å². The number of nitrogens with one attached hydrogen (secondary N) is 1. The summed E-state index contributed by atoms with van der Waals surface area (Å²) in [5.74, 6) is 0.853. The lowest BCUT2D eigenvalue weighted by molar-refractivity contribution is 0.563. The number of hydrogen-bond acceptors (Lipinski definition) is 2. The van der Waals surface area contributed by atoms with Gasteiger partial charge in [0, 0.05) is 30.1 Å². The molecule has 0 radical (unpaired) electrons. The zero-order valence-electron chi connectivity index (χ0n) is 11.2. The Balaban J connectivity index is 1.57. The van der Waals surface area contributed by atoms with Crippen LogP contribution in [0.1, 0.15) is 12.8 Å². The molecule has 0 bridgehead atoms. The number of nitrogens with zero attached hydrogens (tertiary/aromatic N) is 3. The van der Waals surface area contributed by atoms with Crippen molar-refractivity contribution in [2.45, 2.75) is 19.4 Å². The molecule has 0 atom stereocenters. The van der Waals surface area contributed by atoms with Gasteiger partial charge in [0.15, 0.2) is 0 Å². The molecular formula is C16H16N4. The van der Waals surface area contributed by atoms with Gasteiger partial charge in [0.05, 0.1) is 12.4 Å². The molecule has 1 aromatic carbocycles. The maximum absolute atomic E-state index is 4.45. The molecule has 2 heterocycles. The second-order valence-electron chi connectivity index (χ2n) is 5.46. The summed E-state index contributed by atoms with van der Waals surface area (Å²) in [4.78, 5) is 0. The molecule has 0 saturated heterocycles. The fourth-order valence-electron chi connectivity index (χ4n) is 2.44. The third kappa shape index (κ3) is 2.25. The molecular weight excluding hydrogens is 248 g/mol. The molecule has 1 N–H and O–H groups in total. The fraction of sp³-hybridized carbons (Fsp3) is 0.250. The van der Waals surface area contributed by atoms with Crippen molar-refractivity contribution in [2.24, 2.45) is 5.92 Å². The van der Waals surface area contributed by atoms with E-state index < -0.39 is 0 Å². The van der Waals surface area contributed by atoms with Crippen LogP contribution in [0.25, 0.3) is 22.3 Å². The van der Waals surface area contributed by atoms with Gasteiger partial charge >= 0.3 is 0 Å². The predicted octanol–water partition coefficient (Wildman–Crippen LogP) is 3.35. The monoisotopic (exact) mass is 264 g/mol. The third-order valence-electron chi connectivity index (χ3n) is 3.83. The largest absolute Gasteiger partial charge is 0.285 e. The molecule has 20 heavy (non-hydrogen) atoms. The lowest BCUT2D eigenvalue weighted by atomic mass is 10.0. The van der Waals surface area contributed by atoms with Crippen LogP contribution in [-0.2, 0) is 6.54 Å². The highest BCUT2D eigenvalue weighted by Gasteiger charge is 2.21. The van der Waals surface area contributed by atoms with Crippen LogP contribution in [0, 0.1) is 5.92 Å². The molecule has 1 fully saturated rings. The average molecular weight is 264 g/mol. The molecule has 4 rings (SSSR count). The standard InChI is InChI=1S/C16H16N4/c1-2-12(1)10-20-11-16(9-19-20)14-5-3-13(4-6-14)15-7-17-18-8-15/h3-9,11-12H,1-2,10H2,(H,17,18). The Morgan fingerprint density at radius 3 is 2.40 bits per heavy atom. The number of aromatic amines is 1. The summed E-state index contributed by atoms with van der Waals surface area (Å²) < 4.78 is 2.07. The SMILES string of the molecule is c1cc(-c2cnn(CC3CC3)c2)ccc1-c1cn[nH]c1. The highest BCUT2D eigenvalue weighted by molar-refractivity contribution is 5.68.